The number of benzene rings is 1. The fourth-order valence-corrected chi connectivity index (χ4v) is 3.34. The summed E-state index contributed by atoms with van der Waals surface area (Å²) in [6.45, 7) is 5.38. The molecule has 0 radical (unpaired) electrons. The fraction of sp³-hybridized carbons (Fsp3) is 0.625. The topological polar surface area (TPSA) is 21.3 Å². The van der Waals surface area contributed by atoms with E-state index in [-0.39, 0.29) is 0 Å². The van der Waals surface area contributed by atoms with Gasteiger partial charge in [-0.15, -0.1) is 0 Å². The number of para-hydroxylation sites is 1. The van der Waals surface area contributed by atoms with Gasteiger partial charge in [0.25, 0.3) is 0 Å². The largest absolute Gasteiger partial charge is 0.493 e. The Bertz CT molecular complexity index is 404. The van der Waals surface area contributed by atoms with Crippen LogP contribution in [-0.2, 0) is 0 Å². The van der Waals surface area contributed by atoms with E-state index < -0.39 is 0 Å². The molecule has 1 fully saturated rings. The Morgan fingerprint density at radius 1 is 1.22 bits per heavy atom. The maximum atomic E-state index is 5.78. The minimum absolute atomic E-state index is 0.635. The molecule has 1 N–H and O–H groups in total. The molecule has 1 saturated carbocycles. The van der Waals surface area contributed by atoms with Crippen molar-refractivity contribution in [3.8, 4) is 5.75 Å². The summed E-state index contributed by atoms with van der Waals surface area (Å²) in [6, 6.07) is 8.55. The first-order chi connectivity index (χ1) is 8.88. The SMILES string of the molecule is CCNCC1CCC1CC1COc2ccccc21. The van der Waals surface area contributed by atoms with Crippen molar-refractivity contribution in [3.05, 3.63) is 29.8 Å². The van der Waals surface area contributed by atoms with Gasteiger partial charge >= 0.3 is 0 Å². The maximum Gasteiger partial charge on any atom is 0.122 e. The zero-order valence-electron chi connectivity index (χ0n) is 11.2. The van der Waals surface area contributed by atoms with Crippen LogP contribution in [0.5, 0.6) is 5.75 Å². The summed E-state index contributed by atoms with van der Waals surface area (Å²) < 4.78 is 5.78. The molecular formula is C16H23NO. The highest BCUT2D eigenvalue weighted by atomic mass is 16.5. The number of rotatable bonds is 5. The Hall–Kier alpha value is -1.02. The highest BCUT2D eigenvalue weighted by molar-refractivity contribution is 5.39. The molecule has 18 heavy (non-hydrogen) atoms. The van der Waals surface area contributed by atoms with Gasteiger partial charge in [0.1, 0.15) is 5.75 Å². The second-order valence-corrected chi connectivity index (χ2v) is 5.69. The van der Waals surface area contributed by atoms with E-state index >= 15 is 0 Å². The average Bonchev–Trinajstić information content (AvgIpc) is 2.78. The van der Waals surface area contributed by atoms with Crippen LogP contribution in [0.1, 0.15) is 37.7 Å². The van der Waals surface area contributed by atoms with E-state index in [1.54, 1.807) is 0 Å². The maximum absolute atomic E-state index is 5.78. The van der Waals surface area contributed by atoms with Crippen molar-refractivity contribution in [2.45, 2.75) is 32.1 Å². The Kier molecular flexibility index (Phi) is 3.55. The second kappa shape index (κ2) is 5.31. The molecule has 2 nitrogen and oxygen atoms in total. The Morgan fingerprint density at radius 2 is 2.06 bits per heavy atom. The smallest absolute Gasteiger partial charge is 0.122 e. The summed E-state index contributed by atoms with van der Waals surface area (Å²) in [5, 5.41) is 3.49. The zero-order valence-corrected chi connectivity index (χ0v) is 11.2. The molecule has 1 aromatic carbocycles. The third-order valence-electron chi connectivity index (χ3n) is 4.62. The molecule has 0 saturated heterocycles. The van der Waals surface area contributed by atoms with Crippen LogP contribution in [0, 0.1) is 11.8 Å². The minimum atomic E-state index is 0.635. The van der Waals surface area contributed by atoms with Crippen molar-refractivity contribution >= 4 is 0 Å². The summed E-state index contributed by atoms with van der Waals surface area (Å²) in [7, 11) is 0. The van der Waals surface area contributed by atoms with Crippen molar-refractivity contribution in [2.75, 3.05) is 19.7 Å². The Labute approximate surface area is 110 Å². The molecule has 1 heterocycles. The van der Waals surface area contributed by atoms with Crippen molar-refractivity contribution in [3.63, 3.8) is 0 Å². The first-order valence-corrected chi connectivity index (χ1v) is 7.31. The van der Waals surface area contributed by atoms with Gasteiger partial charge in [-0.2, -0.15) is 0 Å². The summed E-state index contributed by atoms with van der Waals surface area (Å²) in [4.78, 5) is 0. The normalized spacial score (nSPS) is 29.5. The lowest BCUT2D eigenvalue weighted by atomic mass is 9.69. The average molecular weight is 245 g/mol. The predicted molar refractivity (Wildman–Crippen MR) is 74.1 cm³/mol. The van der Waals surface area contributed by atoms with Crippen LogP contribution < -0.4 is 10.1 Å². The van der Waals surface area contributed by atoms with Crippen LogP contribution >= 0.6 is 0 Å². The molecular weight excluding hydrogens is 222 g/mol. The summed E-state index contributed by atoms with van der Waals surface area (Å²) in [5.41, 5.74) is 1.44. The lowest BCUT2D eigenvalue weighted by molar-refractivity contribution is 0.145. The van der Waals surface area contributed by atoms with E-state index in [1.165, 1.54) is 31.4 Å². The van der Waals surface area contributed by atoms with Crippen molar-refractivity contribution < 1.29 is 4.74 Å². The van der Waals surface area contributed by atoms with Crippen LogP contribution in [0.3, 0.4) is 0 Å². The van der Waals surface area contributed by atoms with Gasteiger partial charge in [-0.25, -0.2) is 0 Å². The second-order valence-electron chi connectivity index (χ2n) is 5.69. The molecule has 0 bridgehead atoms. The van der Waals surface area contributed by atoms with Crippen LogP contribution in [0.15, 0.2) is 24.3 Å². The van der Waals surface area contributed by atoms with Gasteiger partial charge in [0.2, 0.25) is 0 Å². The van der Waals surface area contributed by atoms with Crippen LogP contribution in [0.25, 0.3) is 0 Å². The Morgan fingerprint density at radius 3 is 2.83 bits per heavy atom. The van der Waals surface area contributed by atoms with Crippen LogP contribution in [0.4, 0.5) is 0 Å². The predicted octanol–water partition coefficient (Wildman–Crippen LogP) is 3.19. The molecule has 0 aromatic heterocycles. The summed E-state index contributed by atoms with van der Waals surface area (Å²) in [6.07, 6.45) is 4.13. The van der Waals surface area contributed by atoms with Gasteiger partial charge in [-0.1, -0.05) is 25.1 Å². The molecule has 1 aromatic rings. The third kappa shape index (κ3) is 2.26. The van der Waals surface area contributed by atoms with E-state index in [0.717, 1.165) is 30.7 Å². The van der Waals surface area contributed by atoms with Crippen molar-refractivity contribution in [1.82, 2.24) is 5.32 Å². The van der Waals surface area contributed by atoms with Crippen molar-refractivity contribution in [1.29, 1.82) is 0 Å². The van der Waals surface area contributed by atoms with E-state index in [9.17, 15) is 0 Å². The molecule has 2 heteroatoms. The number of fused-ring (bicyclic) bond motifs is 1. The molecule has 1 aliphatic heterocycles. The number of hydrogen-bond acceptors (Lipinski definition) is 2. The first kappa shape index (κ1) is 12.0. The molecule has 0 spiro atoms. The standard InChI is InChI=1S/C16H23NO/c1-2-17-10-13-8-7-12(13)9-14-11-18-16-6-4-3-5-15(14)16/h3-6,12-14,17H,2,7-11H2,1H3. The number of hydrogen-bond donors (Lipinski definition) is 1. The van der Waals surface area contributed by atoms with Crippen LogP contribution in [0.2, 0.25) is 0 Å². The zero-order chi connectivity index (χ0) is 12.4. The third-order valence-corrected chi connectivity index (χ3v) is 4.62. The molecule has 3 unspecified atom stereocenters. The number of nitrogens with one attached hydrogen (secondary N) is 1. The first-order valence-electron chi connectivity index (χ1n) is 7.31. The fourth-order valence-electron chi connectivity index (χ4n) is 3.34. The van der Waals surface area contributed by atoms with E-state index in [2.05, 4.69) is 36.5 Å². The van der Waals surface area contributed by atoms with Gasteiger partial charge in [0, 0.05) is 11.5 Å². The highest BCUT2D eigenvalue weighted by Gasteiger charge is 2.35. The van der Waals surface area contributed by atoms with Gasteiger partial charge in [-0.3, -0.25) is 0 Å². The molecule has 1 aliphatic carbocycles. The Balaban J connectivity index is 1.58. The summed E-state index contributed by atoms with van der Waals surface area (Å²) >= 11 is 0. The van der Waals surface area contributed by atoms with Gasteiger partial charge in [0.15, 0.2) is 0 Å². The van der Waals surface area contributed by atoms with E-state index in [0.29, 0.717) is 5.92 Å². The minimum Gasteiger partial charge on any atom is -0.493 e. The van der Waals surface area contributed by atoms with E-state index in [1.807, 2.05) is 0 Å². The molecule has 98 valence electrons. The highest BCUT2D eigenvalue weighted by Crippen LogP contribution is 2.44. The van der Waals surface area contributed by atoms with Crippen LogP contribution in [-0.4, -0.2) is 19.7 Å². The van der Waals surface area contributed by atoms with E-state index in [4.69, 9.17) is 4.74 Å². The van der Waals surface area contributed by atoms with Gasteiger partial charge in [0.05, 0.1) is 6.61 Å². The molecule has 3 atom stereocenters. The van der Waals surface area contributed by atoms with Crippen molar-refractivity contribution in [2.24, 2.45) is 11.8 Å². The van der Waals surface area contributed by atoms with Gasteiger partial charge in [-0.05, 0) is 50.3 Å². The molecule has 3 rings (SSSR count). The number of ether oxygens (including phenoxy) is 1. The summed E-state index contributed by atoms with van der Waals surface area (Å²) in [5.74, 6) is 3.56. The molecule has 2 aliphatic rings. The monoisotopic (exact) mass is 245 g/mol. The lowest BCUT2D eigenvalue weighted by Crippen LogP contribution is -2.36. The van der Waals surface area contributed by atoms with Gasteiger partial charge < -0.3 is 10.1 Å². The lowest BCUT2D eigenvalue weighted by Gasteiger charge is -2.38. The molecule has 0 amide bonds. The quantitative estimate of drug-likeness (QED) is 0.860.